The minimum Gasteiger partial charge on any atom is -0.444 e. The molecule has 0 aromatic heterocycles. The Bertz CT molecular complexity index is 446. The number of ether oxygens (including phenoxy) is 1. The molecule has 2 saturated heterocycles. The smallest absolute Gasteiger partial charge is 0.407 e. The maximum atomic E-state index is 12.2. The van der Waals surface area contributed by atoms with E-state index in [2.05, 4.69) is 5.32 Å². The Balaban J connectivity index is 1.86. The first-order chi connectivity index (χ1) is 9.18. The molecule has 2 aliphatic rings. The van der Waals surface area contributed by atoms with Gasteiger partial charge in [-0.2, -0.15) is 0 Å². The van der Waals surface area contributed by atoms with Crippen LogP contribution in [0.4, 0.5) is 4.79 Å². The van der Waals surface area contributed by atoms with Crippen LogP contribution in [0, 0.1) is 5.92 Å². The second-order valence-electron chi connectivity index (χ2n) is 6.98. The van der Waals surface area contributed by atoms with E-state index in [9.17, 15) is 13.2 Å². The Morgan fingerprint density at radius 1 is 1.20 bits per heavy atom. The molecule has 6 heteroatoms. The van der Waals surface area contributed by atoms with Crippen molar-refractivity contribution in [3.8, 4) is 0 Å². The third kappa shape index (κ3) is 3.65. The SMILES string of the molecule is CC(C)(C)OC(=O)NCC1CC2CCCC(C1)S2(=O)=O. The van der Waals surface area contributed by atoms with E-state index in [0.717, 1.165) is 19.3 Å². The van der Waals surface area contributed by atoms with Gasteiger partial charge in [0.25, 0.3) is 0 Å². The van der Waals surface area contributed by atoms with Gasteiger partial charge < -0.3 is 10.1 Å². The molecule has 2 atom stereocenters. The molecule has 0 aromatic carbocycles. The topological polar surface area (TPSA) is 72.5 Å². The predicted molar refractivity (Wildman–Crippen MR) is 77.3 cm³/mol. The summed E-state index contributed by atoms with van der Waals surface area (Å²) in [5, 5.41) is 2.38. The van der Waals surface area contributed by atoms with Crippen molar-refractivity contribution >= 4 is 15.9 Å². The Kier molecular flexibility index (Phi) is 4.33. The minimum absolute atomic E-state index is 0.194. The maximum Gasteiger partial charge on any atom is 0.407 e. The van der Waals surface area contributed by atoms with Gasteiger partial charge in [-0.3, -0.25) is 0 Å². The zero-order valence-electron chi connectivity index (χ0n) is 12.5. The molecule has 1 amide bonds. The first kappa shape index (κ1) is 15.6. The number of alkyl carbamates (subject to hydrolysis) is 1. The van der Waals surface area contributed by atoms with E-state index in [1.165, 1.54) is 0 Å². The molecular formula is C14H25NO4S. The Morgan fingerprint density at radius 2 is 1.75 bits per heavy atom. The summed E-state index contributed by atoms with van der Waals surface area (Å²) in [5.74, 6) is 0.251. The van der Waals surface area contributed by atoms with E-state index in [1.807, 2.05) is 20.8 Å². The molecule has 2 heterocycles. The molecule has 2 rings (SSSR count). The number of hydrogen-bond acceptors (Lipinski definition) is 4. The number of carbonyl (C=O) groups excluding carboxylic acids is 1. The molecule has 0 spiro atoms. The number of nitrogens with one attached hydrogen (secondary N) is 1. The van der Waals surface area contributed by atoms with Crippen molar-refractivity contribution in [2.45, 2.75) is 69.0 Å². The van der Waals surface area contributed by atoms with Crippen molar-refractivity contribution in [1.82, 2.24) is 5.32 Å². The lowest BCUT2D eigenvalue weighted by Gasteiger charge is -2.38. The van der Waals surface area contributed by atoms with Gasteiger partial charge in [0.05, 0.1) is 10.5 Å². The molecular weight excluding hydrogens is 278 g/mol. The molecule has 0 radical (unpaired) electrons. The van der Waals surface area contributed by atoms with Gasteiger partial charge in [-0.05, 0) is 52.4 Å². The van der Waals surface area contributed by atoms with Crippen LogP contribution in [0.3, 0.4) is 0 Å². The fraction of sp³-hybridized carbons (Fsp3) is 0.929. The van der Waals surface area contributed by atoms with Crippen LogP contribution in [-0.2, 0) is 14.6 Å². The third-order valence-corrected chi connectivity index (χ3v) is 6.82. The first-order valence-electron chi connectivity index (χ1n) is 7.38. The number of hydrogen-bond donors (Lipinski definition) is 1. The molecule has 2 bridgehead atoms. The monoisotopic (exact) mass is 303 g/mol. The van der Waals surface area contributed by atoms with Crippen LogP contribution in [0.1, 0.15) is 52.9 Å². The summed E-state index contributed by atoms with van der Waals surface area (Å²) < 4.78 is 29.5. The number of sulfone groups is 1. The summed E-state index contributed by atoms with van der Waals surface area (Å²) in [4.78, 5) is 11.6. The van der Waals surface area contributed by atoms with Gasteiger partial charge in [0, 0.05) is 6.54 Å². The van der Waals surface area contributed by atoms with Crippen molar-refractivity contribution in [1.29, 1.82) is 0 Å². The van der Waals surface area contributed by atoms with Crippen molar-refractivity contribution in [3.05, 3.63) is 0 Å². The van der Waals surface area contributed by atoms with Gasteiger partial charge in [-0.25, -0.2) is 13.2 Å². The molecule has 20 heavy (non-hydrogen) atoms. The fourth-order valence-electron chi connectivity index (χ4n) is 3.23. The van der Waals surface area contributed by atoms with Crippen LogP contribution < -0.4 is 5.32 Å². The molecule has 2 unspecified atom stereocenters. The van der Waals surface area contributed by atoms with Gasteiger partial charge in [-0.1, -0.05) is 6.42 Å². The molecule has 0 aliphatic carbocycles. The first-order valence-corrected chi connectivity index (χ1v) is 8.99. The Hall–Kier alpha value is -0.780. The molecule has 1 N–H and O–H groups in total. The number of carbonyl (C=O) groups is 1. The van der Waals surface area contributed by atoms with Gasteiger partial charge >= 0.3 is 6.09 Å². The standard InChI is InChI=1S/C14H25NO4S/c1-14(2,3)19-13(16)15-9-10-7-11-5-4-6-12(8-10)20(11,17)18/h10-12H,4-9H2,1-3H3,(H,15,16). The van der Waals surface area contributed by atoms with Gasteiger partial charge in [-0.15, -0.1) is 0 Å². The van der Waals surface area contributed by atoms with E-state index in [0.29, 0.717) is 19.4 Å². The number of amides is 1. The van der Waals surface area contributed by atoms with E-state index < -0.39 is 21.5 Å². The number of fused-ring (bicyclic) bond motifs is 2. The van der Waals surface area contributed by atoms with Crippen molar-refractivity contribution < 1.29 is 17.9 Å². The highest BCUT2D eigenvalue weighted by molar-refractivity contribution is 7.92. The predicted octanol–water partition coefficient (Wildman–Crippen LogP) is 2.26. The third-order valence-electron chi connectivity index (χ3n) is 4.11. The Labute approximate surface area is 121 Å². The highest BCUT2D eigenvalue weighted by Gasteiger charge is 2.44. The van der Waals surface area contributed by atoms with Gasteiger partial charge in [0.1, 0.15) is 5.60 Å². The van der Waals surface area contributed by atoms with E-state index >= 15 is 0 Å². The zero-order chi connectivity index (χ0) is 15.0. The zero-order valence-corrected chi connectivity index (χ0v) is 13.3. The van der Waals surface area contributed by atoms with Crippen LogP contribution in [0.5, 0.6) is 0 Å². The van der Waals surface area contributed by atoms with E-state index in [-0.39, 0.29) is 16.4 Å². The van der Waals surface area contributed by atoms with Crippen molar-refractivity contribution in [3.63, 3.8) is 0 Å². The lowest BCUT2D eigenvalue weighted by molar-refractivity contribution is 0.0516. The van der Waals surface area contributed by atoms with Crippen LogP contribution in [0.15, 0.2) is 0 Å². The quantitative estimate of drug-likeness (QED) is 0.849. The fourth-order valence-corrected chi connectivity index (χ4v) is 5.84. The lowest BCUT2D eigenvalue weighted by atomic mass is 9.89. The van der Waals surface area contributed by atoms with Crippen molar-refractivity contribution in [2.75, 3.05) is 6.54 Å². The van der Waals surface area contributed by atoms with Gasteiger partial charge in [0.15, 0.2) is 9.84 Å². The van der Waals surface area contributed by atoms with Gasteiger partial charge in [0.2, 0.25) is 0 Å². The molecule has 2 aliphatic heterocycles. The second-order valence-corrected chi connectivity index (χ2v) is 9.50. The number of rotatable bonds is 2. The molecule has 116 valence electrons. The summed E-state index contributed by atoms with van der Waals surface area (Å²) in [6, 6.07) is 0. The summed E-state index contributed by atoms with van der Waals surface area (Å²) >= 11 is 0. The largest absolute Gasteiger partial charge is 0.444 e. The molecule has 0 aromatic rings. The van der Waals surface area contributed by atoms with E-state index in [1.54, 1.807) is 0 Å². The van der Waals surface area contributed by atoms with Crippen LogP contribution >= 0.6 is 0 Å². The van der Waals surface area contributed by atoms with Crippen LogP contribution in [0.25, 0.3) is 0 Å². The maximum absolute atomic E-state index is 12.2. The average Bonchev–Trinajstić information content (AvgIpc) is 2.23. The van der Waals surface area contributed by atoms with Crippen molar-refractivity contribution in [2.24, 2.45) is 5.92 Å². The second kappa shape index (κ2) is 5.54. The highest BCUT2D eigenvalue weighted by Crippen LogP contribution is 2.39. The molecule has 2 fully saturated rings. The lowest BCUT2D eigenvalue weighted by Crippen LogP contribution is -2.46. The summed E-state index contributed by atoms with van der Waals surface area (Å²) in [6.07, 6.45) is 3.50. The minimum atomic E-state index is -2.91. The average molecular weight is 303 g/mol. The summed E-state index contributed by atoms with van der Waals surface area (Å²) in [5.41, 5.74) is -0.503. The molecule has 0 saturated carbocycles. The van der Waals surface area contributed by atoms with Crippen LogP contribution in [0.2, 0.25) is 0 Å². The van der Waals surface area contributed by atoms with Crippen LogP contribution in [-0.4, -0.2) is 37.2 Å². The molecule has 5 nitrogen and oxygen atoms in total. The van der Waals surface area contributed by atoms with E-state index in [4.69, 9.17) is 4.74 Å². The summed E-state index contributed by atoms with van der Waals surface area (Å²) in [7, 11) is -2.91. The highest BCUT2D eigenvalue weighted by atomic mass is 32.2. The normalized spacial score (nSPS) is 32.5. The summed E-state index contributed by atoms with van der Waals surface area (Å²) in [6.45, 7) is 5.98. The Morgan fingerprint density at radius 3 is 2.25 bits per heavy atom.